The van der Waals surface area contributed by atoms with Gasteiger partial charge in [-0.25, -0.2) is 13.1 Å². The van der Waals surface area contributed by atoms with E-state index in [0.717, 1.165) is 12.5 Å². The number of halogens is 1. The summed E-state index contributed by atoms with van der Waals surface area (Å²) >= 11 is 0. The lowest BCUT2D eigenvalue weighted by molar-refractivity contribution is -0.387. The quantitative estimate of drug-likeness (QED) is 0.641. The zero-order valence-corrected chi connectivity index (χ0v) is 11.4. The highest BCUT2D eigenvalue weighted by molar-refractivity contribution is 7.89. The molecule has 0 saturated carbocycles. The first-order chi connectivity index (χ1) is 9.81. The van der Waals surface area contributed by atoms with Crippen LogP contribution in [0, 0.1) is 22.9 Å². The molecule has 0 radical (unpaired) electrons. The summed E-state index contributed by atoms with van der Waals surface area (Å²) in [5.41, 5.74) is -1.06. The second kappa shape index (κ2) is 5.54. The number of nitro benzene ring substituents is 1. The summed E-state index contributed by atoms with van der Waals surface area (Å²) in [6.45, 7) is 0.976. The molecule has 1 aromatic heterocycles. The van der Waals surface area contributed by atoms with Crippen LogP contribution in [0.4, 0.5) is 10.1 Å². The lowest BCUT2D eigenvalue weighted by Gasteiger charge is -2.06. The van der Waals surface area contributed by atoms with Gasteiger partial charge in [-0.2, -0.15) is 9.37 Å². The van der Waals surface area contributed by atoms with Gasteiger partial charge >= 0.3 is 5.69 Å². The van der Waals surface area contributed by atoms with E-state index >= 15 is 0 Å². The predicted molar refractivity (Wildman–Crippen MR) is 66.1 cm³/mol. The summed E-state index contributed by atoms with van der Waals surface area (Å²) in [6.07, 6.45) is 1.02. The van der Waals surface area contributed by atoms with Crippen LogP contribution < -0.4 is 4.72 Å². The van der Waals surface area contributed by atoms with Crippen molar-refractivity contribution in [2.24, 2.45) is 0 Å². The van der Waals surface area contributed by atoms with Gasteiger partial charge in [0.05, 0.1) is 16.4 Å². The maximum atomic E-state index is 13.5. The molecule has 0 spiro atoms. The van der Waals surface area contributed by atoms with Crippen molar-refractivity contribution in [3.8, 4) is 0 Å². The molecule has 2 rings (SSSR count). The monoisotopic (exact) mass is 316 g/mol. The number of sulfonamides is 1. The average molecular weight is 316 g/mol. The first-order valence-corrected chi connectivity index (χ1v) is 6.99. The number of rotatable bonds is 5. The largest absolute Gasteiger partial charge is 0.343 e. The van der Waals surface area contributed by atoms with Crippen LogP contribution in [0.5, 0.6) is 0 Å². The van der Waals surface area contributed by atoms with E-state index in [4.69, 9.17) is 0 Å². The van der Waals surface area contributed by atoms with Gasteiger partial charge in [-0.15, -0.1) is 0 Å². The molecule has 0 saturated heterocycles. The molecule has 2 aromatic rings. The Morgan fingerprint density at radius 2 is 2.19 bits per heavy atom. The van der Waals surface area contributed by atoms with Crippen molar-refractivity contribution in [2.75, 3.05) is 0 Å². The molecule has 1 aromatic carbocycles. The predicted octanol–water partition coefficient (Wildman–Crippen LogP) is 0.904. The van der Waals surface area contributed by atoms with Gasteiger partial charge < -0.3 is 4.52 Å². The van der Waals surface area contributed by atoms with Crippen LogP contribution in [-0.2, 0) is 16.6 Å². The molecule has 0 unspecified atom stereocenters. The number of aryl methyl sites for hydroxylation is 1. The number of aromatic nitrogens is 2. The van der Waals surface area contributed by atoms with Crippen LogP contribution in [0.1, 0.15) is 11.4 Å². The van der Waals surface area contributed by atoms with E-state index in [9.17, 15) is 22.9 Å². The van der Waals surface area contributed by atoms with Gasteiger partial charge in [-0.1, -0.05) is 5.16 Å². The number of hydrogen-bond acceptors (Lipinski definition) is 7. The molecule has 0 atom stereocenters. The van der Waals surface area contributed by atoms with Gasteiger partial charge in [0.1, 0.15) is 0 Å². The lowest BCUT2D eigenvalue weighted by Crippen LogP contribution is -2.24. The van der Waals surface area contributed by atoms with Crippen LogP contribution in [0.2, 0.25) is 0 Å². The minimum atomic E-state index is -4.07. The van der Waals surface area contributed by atoms with Crippen molar-refractivity contribution >= 4 is 15.7 Å². The molecular weight excluding hydrogens is 307 g/mol. The molecule has 0 aliphatic rings. The van der Waals surface area contributed by atoms with Crippen LogP contribution >= 0.6 is 0 Å². The molecule has 0 amide bonds. The number of nitrogens with zero attached hydrogens (tertiary/aromatic N) is 3. The third kappa shape index (κ3) is 3.20. The Morgan fingerprint density at radius 3 is 2.76 bits per heavy atom. The van der Waals surface area contributed by atoms with Gasteiger partial charge in [0.15, 0.2) is 5.82 Å². The highest BCUT2D eigenvalue weighted by Crippen LogP contribution is 2.25. The summed E-state index contributed by atoms with van der Waals surface area (Å²) in [6, 6.07) is 1.65. The number of nitro groups is 1. The van der Waals surface area contributed by atoms with Crippen LogP contribution in [0.3, 0.4) is 0 Å². The van der Waals surface area contributed by atoms with Crippen LogP contribution in [0.15, 0.2) is 27.9 Å². The van der Waals surface area contributed by atoms with E-state index in [0.29, 0.717) is 6.07 Å². The van der Waals surface area contributed by atoms with E-state index in [1.807, 2.05) is 0 Å². The molecule has 0 aliphatic heterocycles. The third-order valence-corrected chi connectivity index (χ3v) is 3.92. The molecule has 112 valence electrons. The second-order valence-electron chi connectivity index (χ2n) is 4.00. The van der Waals surface area contributed by atoms with Gasteiger partial charge in [-0.05, 0) is 18.6 Å². The molecule has 0 bridgehead atoms. The number of hydrogen-bond donors (Lipinski definition) is 1. The first kappa shape index (κ1) is 15.0. The smallest absolute Gasteiger partial charge is 0.306 e. The molecule has 1 N–H and O–H groups in total. The standard InChI is InChI=1S/C10H9FN4O5S/c1-6-2-7(3-8(10(6)11)15(16)17)21(18,19)13-4-9-12-5-20-14-9/h2-3,5,13H,4H2,1H3. The minimum Gasteiger partial charge on any atom is -0.343 e. The van der Waals surface area contributed by atoms with Crippen molar-refractivity contribution in [3.05, 3.63) is 45.8 Å². The van der Waals surface area contributed by atoms with E-state index in [-0.39, 0.29) is 17.9 Å². The topological polar surface area (TPSA) is 128 Å². The van der Waals surface area contributed by atoms with Gasteiger partial charge in [0, 0.05) is 6.07 Å². The third-order valence-electron chi connectivity index (χ3n) is 2.54. The Hall–Kier alpha value is -2.40. The highest BCUT2D eigenvalue weighted by atomic mass is 32.2. The van der Waals surface area contributed by atoms with E-state index in [1.54, 1.807) is 0 Å². The number of benzene rings is 1. The van der Waals surface area contributed by atoms with Crippen molar-refractivity contribution in [1.29, 1.82) is 0 Å². The maximum Gasteiger partial charge on any atom is 0.306 e. The van der Waals surface area contributed by atoms with E-state index in [1.165, 1.54) is 6.92 Å². The summed E-state index contributed by atoms with van der Waals surface area (Å²) in [5.74, 6) is -0.982. The average Bonchev–Trinajstić information content (AvgIpc) is 2.92. The van der Waals surface area contributed by atoms with E-state index < -0.39 is 31.3 Å². The summed E-state index contributed by atoms with van der Waals surface area (Å²) in [5, 5.41) is 14.1. The molecule has 1 heterocycles. The normalized spacial score (nSPS) is 11.5. The van der Waals surface area contributed by atoms with Gasteiger partial charge in [0.25, 0.3) is 0 Å². The first-order valence-electron chi connectivity index (χ1n) is 5.50. The number of nitrogens with one attached hydrogen (secondary N) is 1. The Bertz CT molecular complexity index is 775. The fourth-order valence-corrected chi connectivity index (χ4v) is 2.60. The van der Waals surface area contributed by atoms with Crippen molar-refractivity contribution in [3.63, 3.8) is 0 Å². The minimum absolute atomic E-state index is 0.0897. The van der Waals surface area contributed by atoms with E-state index in [2.05, 4.69) is 19.4 Å². The molecule has 0 fully saturated rings. The summed E-state index contributed by atoms with van der Waals surface area (Å²) in [4.78, 5) is 12.9. The Morgan fingerprint density at radius 1 is 1.48 bits per heavy atom. The fourth-order valence-electron chi connectivity index (χ4n) is 1.52. The van der Waals surface area contributed by atoms with Crippen molar-refractivity contribution < 1.29 is 22.3 Å². The molecule has 21 heavy (non-hydrogen) atoms. The summed E-state index contributed by atoms with van der Waals surface area (Å²) in [7, 11) is -4.07. The van der Waals surface area contributed by atoms with Crippen molar-refractivity contribution in [1.82, 2.24) is 14.9 Å². The van der Waals surface area contributed by atoms with Crippen molar-refractivity contribution in [2.45, 2.75) is 18.4 Å². The zero-order valence-electron chi connectivity index (χ0n) is 10.6. The Labute approximate surface area is 118 Å². The van der Waals surface area contributed by atoms with Crippen LogP contribution in [-0.4, -0.2) is 23.5 Å². The van der Waals surface area contributed by atoms with Gasteiger partial charge in [0.2, 0.25) is 22.2 Å². The SMILES string of the molecule is Cc1cc(S(=O)(=O)NCc2ncon2)cc([N+](=O)[O-])c1F. The summed E-state index contributed by atoms with van der Waals surface area (Å²) < 4.78 is 44.2. The van der Waals surface area contributed by atoms with Crippen LogP contribution in [0.25, 0.3) is 0 Å². The molecular formula is C10H9FN4O5S. The molecule has 9 nitrogen and oxygen atoms in total. The molecule has 0 aliphatic carbocycles. The zero-order chi connectivity index (χ0) is 15.6. The highest BCUT2D eigenvalue weighted by Gasteiger charge is 2.24. The Balaban J connectivity index is 2.33. The maximum absolute atomic E-state index is 13.5. The second-order valence-corrected chi connectivity index (χ2v) is 5.77. The lowest BCUT2D eigenvalue weighted by atomic mass is 10.2. The Kier molecular flexibility index (Phi) is 3.95. The van der Waals surface area contributed by atoms with Gasteiger partial charge in [-0.3, -0.25) is 10.1 Å². The fraction of sp³-hybridized carbons (Fsp3) is 0.200. The molecule has 11 heteroatoms.